The zero-order valence-corrected chi connectivity index (χ0v) is 15.2. The Kier molecular flexibility index (Phi) is 4.83. The number of fused-ring (bicyclic) bond motifs is 1. The fourth-order valence-electron chi connectivity index (χ4n) is 3.12. The van der Waals surface area contributed by atoms with E-state index >= 15 is 0 Å². The molecule has 0 radical (unpaired) electrons. The van der Waals surface area contributed by atoms with Gasteiger partial charge in [-0.3, -0.25) is 4.79 Å². The number of aromatic hydroxyl groups is 2. The van der Waals surface area contributed by atoms with Crippen molar-refractivity contribution in [1.29, 1.82) is 0 Å². The van der Waals surface area contributed by atoms with Gasteiger partial charge in [0, 0.05) is 42.1 Å². The lowest BCUT2D eigenvalue weighted by atomic mass is 10.1. The Morgan fingerprint density at radius 1 is 0.900 bits per heavy atom. The number of phenolic OH excluding ortho intramolecular Hbond substituents is 2. The van der Waals surface area contributed by atoms with Gasteiger partial charge < -0.3 is 19.9 Å². The average Bonchev–Trinajstić information content (AvgIpc) is 2.71. The minimum atomic E-state index is -1.60. The highest BCUT2D eigenvalue weighted by atomic mass is 19.2. The lowest BCUT2D eigenvalue weighted by Gasteiger charge is -2.13. The highest BCUT2D eigenvalue weighted by molar-refractivity contribution is 5.89. The maximum atomic E-state index is 13.4. The summed E-state index contributed by atoms with van der Waals surface area (Å²) in [6.45, 7) is -0.228. The molecule has 30 heavy (non-hydrogen) atoms. The van der Waals surface area contributed by atoms with Crippen LogP contribution in [0.15, 0.2) is 63.8 Å². The van der Waals surface area contributed by atoms with E-state index < -0.39 is 34.4 Å². The first-order chi connectivity index (χ1) is 14.3. The molecule has 5 nitrogen and oxygen atoms in total. The average molecular weight is 413 g/mol. The minimum absolute atomic E-state index is 0.0721. The fraction of sp³-hybridized carbons (Fsp3) is 0.0455. The van der Waals surface area contributed by atoms with E-state index in [1.165, 1.54) is 6.07 Å². The molecule has 4 rings (SSSR count). The molecule has 0 aliphatic carbocycles. The van der Waals surface area contributed by atoms with Crippen molar-refractivity contribution in [3.63, 3.8) is 0 Å². The minimum Gasteiger partial charge on any atom is -0.507 e. The highest BCUT2D eigenvalue weighted by Crippen LogP contribution is 2.35. The van der Waals surface area contributed by atoms with E-state index in [1.54, 1.807) is 30.3 Å². The normalized spacial score (nSPS) is 11.0. The van der Waals surface area contributed by atoms with Crippen molar-refractivity contribution in [1.82, 2.24) is 0 Å². The monoisotopic (exact) mass is 413 g/mol. The summed E-state index contributed by atoms with van der Waals surface area (Å²) in [6.07, 6.45) is 0. The molecule has 0 aliphatic heterocycles. The van der Waals surface area contributed by atoms with E-state index in [4.69, 9.17) is 4.42 Å². The summed E-state index contributed by atoms with van der Waals surface area (Å²) in [4.78, 5) is 12.6. The van der Waals surface area contributed by atoms with E-state index in [-0.39, 0.29) is 34.5 Å². The van der Waals surface area contributed by atoms with E-state index in [1.807, 2.05) is 0 Å². The van der Waals surface area contributed by atoms with Gasteiger partial charge in [-0.1, -0.05) is 30.3 Å². The molecular weight excluding hydrogens is 399 g/mol. The number of hydrogen-bond donors (Lipinski definition) is 3. The molecular formula is C22H14F3NO4. The first kappa shape index (κ1) is 19.4. The SMILES string of the molecule is O=c1cc(-c2ccccc2)oc2c(CNc3cc(F)c(F)c(F)c3)c(O)cc(O)c12. The number of benzene rings is 3. The number of phenols is 2. The van der Waals surface area contributed by atoms with Crippen LogP contribution in [-0.2, 0) is 6.54 Å². The Labute approximate surface area is 167 Å². The largest absolute Gasteiger partial charge is 0.507 e. The predicted octanol–water partition coefficient (Wildman–Crippen LogP) is 4.90. The molecule has 0 aliphatic rings. The second-order valence-corrected chi connectivity index (χ2v) is 6.55. The molecule has 0 unspecified atom stereocenters. The maximum absolute atomic E-state index is 13.4. The van der Waals surface area contributed by atoms with Crippen LogP contribution in [0.3, 0.4) is 0 Å². The van der Waals surface area contributed by atoms with Gasteiger partial charge in [0.15, 0.2) is 28.5 Å². The van der Waals surface area contributed by atoms with Crippen LogP contribution in [-0.4, -0.2) is 10.2 Å². The van der Waals surface area contributed by atoms with Gasteiger partial charge in [-0.15, -0.1) is 0 Å². The smallest absolute Gasteiger partial charge is 0.197 e. The van der Waals surface area contributed by atoms with Crippen molar-refractivity contribution in [3.05, 3.63) is 87.8 Å². The van der Waals surface area contributed by atoms with Gasteiger partial charge in [0.05, 0.1) is 5.56 Å². The third kappa shape index (κ3) is 3.43. The molecule has 152 valence electrons. The summed E-state index contributed by atoms with van der Waals surface area (Å²) in [5.41, 5.74) is -0.0422. The number of rotatable bonds is 4. The van der Waals surface area contributed by atoms with E-state index in [0.29, 0.717) is 5.56 Å². The van der Waals surface area contributed by atoms with E-state index in [9.17, 15) is 28.2 Å². The summed E-state index contributed by atoms with van der Waals surface area (Å²) in [5.74, 6) is -5.03. The summed E-state index contributed by atoms with van der Waals surface area (Å²) in [5, 5.41) is 22.9. The molecule has 3 aromatic carbocycles. The molecule has 0 fully saturated rings. The zero-order chi connectivity index (χ0) is 21.4. The topological polar surface area (TPSA) is 82.7 Å². The van der Waals surface area contributed by atoms with Gasteiger partial charge in [0.25, 0.3) is 0 Å². The number of halogens is 3. The van der Waals surface area contributed by atoms with Crippen molar-refractivity contribution in [2.45, 2.75) is 6.54 Å². The molecule has 0 bridgehead atoms. The third-order valence-corrected chi connectivity index (χ3v) is 4.57. The summed E-state index contributed by atoms with van der Waals surface area (Å²) >= 11 is 0. The maximum Gasteiger partial charge on any atom is 0.197 e. The van der Waals surface area contributed by atoms with Gasteiger partial charge >= 0.3 is 0 Å². The van der Waals surface area contributed by atoms with Gasteiger partial charge in [-0.05, 0) is 0 Å². The summed E-state index contributed by atoms with van der Waals surface area (Å²) < 4.78 is 45.8. The van der Waals surface area contributed by atoms with Crippen LogP contribution in [0.1, 0.15) is 5.56 Å². The van der Waals surface area contributed by atoms with E-state index in [2.05, 4.69) is 5.32 Å². The predicted molar refractivity (Wildman–Crippen MR) is 105 cm³/mol. The standard InChI is InChI=1S/C22H14F3NO4/c23-14-6-12(7-15(24)21(14)25)26-10-13-16(27)8-17(28)20-18(29)9-19(30-22(13)20)11-4-2-1-3-5-11/h1-9,26-28H,10H2. The number of anilines is 1. The van der Waals surface area contributed by atoms with Gasteiger partial charge in [0.2, 0.25) is 0 Å². The van der Waals surface area contributed by atoms with Gasteiger partial charge in [-0.2, -0.15) is 0 Å². The van der Waals surface area contributed by atoms with Crippen LogP contribution in [0, 0.1) is 17.5 Å². The first-order valence-electron chi connectivity index (χ1n) is 8.80. The van der Waals surface area contributed by atoms with Crippen LogP contribution in [0.4, 0.5) is 18.9 Å². The molecule has 8 heteroatoms. The fourth-order valence-corrected chi connectivity index (χ4v) is 3.12. The van der Waals surface area contributed by atoms with E-state index in [0.717, 1.165) is 18.2 Å². The van der Waals surface area contributed by atoms with Crippen molar-refractivity contribution in [3.8, 4) is 22.8 Å². The second kappa shape index (κ2) is 7.47. The molecule has 3 N–H and O–H groups in total. The molecule has 0 atom stereocenters. The van der Waals surface area contributed by atoms with Gasteiger partial charge in [0.1, 0.15) is 22.6 Å². The summed E-state index contributed by atoms with van der Waals surface area (Å²) in [7, 11) is 0. The molecule has 0 spiro atoms. The van der Waals surface area contributed by atoms with Crippen molar-refractivity contribution in [2.75, 3.05) is 5.32 Å². The molecule has 1 aromatic heterocycles. The molecule has 0 amide bonds. The van der Waals surface area contributed by atoms with Crippen LogP contribution < -0.4 is 10.7 Å². The van der Waals surface area contributed by atoms with Crippen LogP contribution in [0.25, 0.3) is 22.3 Å². The van der Waals surface area contributed by atoms with Crippen LogP contribution >= 0.6 is 0 Å². The Morgan fingerprint density at radius 2 is 1.57 bits per heavy atom. The Bertz CT molecular complexity index is 1300. The summed E-state index contributed by atoms with van der Waals surface area (Å²) in [6, 6.07) is 12.4. The quantitative estimate of drug-likeness (QED) is 0.415. The highest BCUT2D eigenvalue weighted by Gasteiger charge is 2.19. The lowest BCUT2D eigenvalue weighted by Crippen LogP contribution is -2.06. The molecule has 0 saturated carbocycles. The number of nitrogens with one attached hydrogen (secondary N) is 1. The second-order valence-electron chi connectivity index (χ2n) is 6.55. The van der Waals surface area contributed by atoms with Crippen molar-refractivity contribution < 1.29 is 27.8 Å². The Hall–Kier alpha value is -3.94. The molecule has 0 saturated heterocycles. The first-order valence-corrected chi connectivity index (χ1v) is 8.80. The zero-order valence-electron chi connectivity index (χ0n) is 15.2. The lowest BCUT2D eigenvalue weighted by molar-refractivity contribution is 0.446. The molecule has 1 heterocycles. The van der Waals surface area contributed by atoms with Gasteiger partial charge in [-0.25, -0.2) is 13.2 Å². The third-order valence-electron chi connectivity index (χ3n) is 4.57. The van der Waals surface area contributed by atoms with Crippen molar-refractivity contribution >= 4 is 16.7 Å². The van der Waals surface area contributed by atoms with Crippen LogP contribution in [0.5, 0.6) is 11.5 Å². The Morgan fingerprint density at radius 3 is 2.23 bits per heavy atom. The van der Waals surface area contributed by atoms with Crippen LogP contribution in [0.2, 0.25) is 0 Å². The number of hydrogen-bond acceptors (Lipinski definition) is 5. The van der Waals surface area contributed by atoms with Crippen molar-refractivity contribution in [2.24, 2.45) is 0 Å². The molecule has 4 aromatic rings. The Balaban J connectivity index is 1.83.